The van der Waals surface area contributed by atoms with Crippen LogP contribution in [0, 0.1) is 17.2 Å². The Morgan fingerprint density at radius 2 is 2.33 bits per heavy atom. The van der Waals surface area contributed by atoms with Gasteiger partial charge in [0, 0.05) is 0 Å². The number of esters is 1. The van der Waals surface area contributed by atoms with Crippen LogP contribution in [0.1, 0.15) is 32.1 Å². The highest BCUT2D eigenvalue weighted by atomic mass is 16.6. The number of hydrogen-bond acceptors (Lipinski definition) is 9. The smallest absolute Gasteiger partial charge is 0.309 e. The Morgan fingerprint density at radius 1 is 1.59 bits per heavy atom. The van der Waals surface area contributed by atoms with Crippen LogP contribution in [0.2, 0.25) is 0 Å². The van der Waals surface area contributed by atoms with Crippen LogP contribution >= 0.6 is 0 Å². The van der Waals surface area contributed by atoms with Crippen molar-refractivity contribution in [2.45, 2.75) is 49.8 Å². The Hall–Kier alpha value is -2.74. The van der Waals surface area contributed by atoms with Gasteiger partial charge in [0.15, 0.2) is 17.5 Å². The second-order valence-corrected chi connectivity index (χ2v) is 6.98. The van der Waals surface area contributed by atoms with E-state index in [1.54, 1.807) is 19.1 Å². The van der Waals surface area contributed by atoms with Crippen molar-refractivity contribution in [2.75, 3.05) is 5.73 Å². The van der Waals surface area contributed by atoms with Crippen LogP contribution in [0.15, 0.2) is 18.5 Å². The van der Waals surface area contributed by atoms with Crippen molar-refractivity contribution in [1.82, 2.24) is 14.6 Å². The summed E-state index contributed by atoms with van der Waals surface area (Å²) in [4.78, 5) is 16.0. The lowest BCUT2D eigenvalue weighted by Gasteiger charge is -2.22. The average Bonchev–Trinajstić information content (AvgIpc) is 2.94. The number of fused-ring (bicyclic) bond motifs is 2. The molecule has 2 aromatic rings. The Kier molecular flexibility index (Phi) is 3.68. The Morgan fingerprint density at radius 3 is 2.96 bits per heavy atom. The van der Waals surface area contributed by atoms with Crippen LogP contribution in [0.25, 0.3) is 5.52 Å². The zero-order valence-electron chi connectivity index (χ0n) is 14.7. The number of aliphatic hydroxyl groups is 2. The quantitative estimate of drug-likeness (QED) is 0.613. The summed E-state index contributed by atoms with van der Waals surface area (Å²) in [6.45, 7) is 3.50. The summed E-state index contributed by atoms with van der Waals surface area (Å²) in [5.74, 6) is -0.711. The number of aliphatic hydroxyl groups excluding tert-OH is 1. The molecule has 0 bridgehead atoms. The number of hydrogen-bond donors (Lipinski definition) is 3. The van der Waals surface area contributed by atoms with Gasteiger partial charge < -0.3 is 25.4 Å². The molecule has 4 N–H and O–H groups in total. The summed E-state index contributed by atoms with van der Waals surface area (Å²) < 4.78 is 12.4. The van der Waals surface area contributed by atoms with Gasteiger partial charge in [-0.1, -0.05) is 13.8 Å². The van der Waals surface area contributed by atoms with Crippen LogP contribution < -0.4 is 5.73 Å². The first-order valence-corrected chi connectivity index (χ1v) is 8.60. The molecule has 1 saturated heterocycles. The normalized spacial score (nSPS) is 35.4. The van der Waals surface area contributed by atoms with Gasteiger partial charge in [0.1, 0.15) is 30.1 Å². The first-order chi connectivity index (χ1) is 12.8. The van der Waals surface area contributed by atoms with Gasteiger partial charge in [0.05, 0.1) is 11.6 Å². The minimum atomic E-state index is -2.02. The van der Waals surface area contributed by atoms with Crippen molar-refractivity contribution in [1.29, 1.82) is 5.26 Å². The highest BCUT2D eigenvalue weighted by Gasteiger charge is 2.91. The fourth-order valence-corrected chi connectivity index (χ4v) is 3.61. The predicted octanol–water partition coefficient (Wildman–Crippen LogP) is -0.291. The molecule has 2 aliphatic rings. The van der Waals surface area contributed by atoms with Gasteiger partial charge in [-0.3, -0.25) is 4.79 Å². The number of aromatic nitrogens is 3. The van der Waals surface area contributed by atoms with E-state index in [-0.39, 0.29) is 5.82 Å². The van der Waals surface area contributed by atoms with Crippen LogP contribution in [-0.2, 0) is 14.3 Å². The molecule has 3 heterocycles. The van der Waals surface area contributed by atoms with E-state index in [0.717, 1.165) is 0 Å². The minimum absolute atomic E-state index is 0.239. The van der Waals surface area contributed by atoms with E-state index in [1.807, 2.05) is 13.0 Å². The number of nitrogens with zero attached hydrogens (tertiary/aromatic N) is 4. The standard InChI is InChI=1S/C17H19N5O5/c1-3-8(2)14(24)26-15-16(6-18)17(15,25)12(23)11(27-16)9-4-5-10-13(19)20-7-21-22(9)10/h4-5,7-8,11-12,15,23,25H,3H2,1-2H3,(H2,19,20,21)/t8-,11+,12+,15?,16-,17-/m1/s1. The van der Waals surface area contributed by atoms with Gasteiger partial charge >= 0.3 is 5.97 Å². The first-order valence-electron chi connectivity index (χ1n) is 8.60. The van der Waals surface area contributed by atoms with E-state index in [9.17, 15) is 20.3 Å². The lowest BCUT2D eigenvalue weighted by molar-refractivity contribution is -0.160. The molecule has 1 saturated carbocycles. The third-order valence-electron chi connectivity index (χ3n) is 5.55. The molecular weight excluding hydrogens is 354 g/mol. The highest BCUT2D eigenvalue weighted by molar-refractivity contribution is 5.73. The number of rotatable bonds is 4. The lowest BCUT2D eigenvalue weighted by Crippen LogP contribution is -2.36. The Bertz CT molecular complexity index is 970. The van der Waals surface area contributed by atoms with E-state index in [1.165, 1.54) is 10.8 Å². The summed E-state index contributed by atoms with van der Waals surface area (Å²) in [5, 5.41) is 35.3. The molecule has 10 nitrogen and oxygen atoms in total. The van der Waals surface area contributed by atoms with Crippen molar-refractivity contribution in [3.05, 3.63) is 24.2 Å². The highest BCUT2D eigenvalue weighted by Crippen LogP contribution is 2.64. The molecule has 10 heteroatoms. The van der Waals surface area contributed by atoms with Gasteiger partial charge in [-0.25, -0.2) is 9.50 Å². The maximum atomic E-state index is 12.1. The fraction of sp³-hybridized carbons (Fsp3) is 0.529. The predicted molar refractivity (Wildman–Crippen MR) is 89.9 cm³/mol. The van der Waals surface area contributed by atoms with Gasteiger partial charge in [-0.2, -0.15) is 10.4 Å². The first kappa shape index (κ1) is 17.7. The monoisotopic (exact) mass is 373 g/mol. The average molecular weight is 373 g/mol. The second-order valence-electron chi connectivity index (χ2n) is 6.98. The summed E-state index contributed by atoms with van der Waals surface area (Å²) in [6, 6.07) is 5.14. The largest absolute Gasteiger partial charge is 0.454 e. The number of anilines is 1. The fourth-order valence-electron chi connectivity index (χ4n) is 3.61. The van der Waals surface area contributed by atoms with Crippen molar-refractivity contribution in [2.24, 2.45) is 5.92 Å². The maximum absolute atomic E-state index is 12.1. The molecule has 1 aliphatic heterocycles. The number of carbonyl (C=O) groups is 1. The molecular formula is C17H19N5O5. The van der Waals surface area contributed by atoms with E-state index in [4.69, 9.17) is 15.2 Å². The summed E-state index contributed by atoms with van der Waals surface area (Å²) in [6.07, 6.45) is -2.01. The Balaban J connectivity index is 1.66. The summed E-state index contributed by atoms with van der Waals surface area (Å²) in [5.41, 5.74) is 2.85. The number of nitriles is 1. The Labute approximate surface area is 154 Å². The lowest BCUT2D eigenvalue weighted by atomic mass is 10.0. The zero-order valence-corrected chi connectivity index (χ0v) is 14.7. The van der Waals surface area contributed by atoms with Gasteiger partial charge in [0.25, 0.3) is 0 Å². The van der Waals surface area contributed by atoms with Gasteiger partial charge in [-0.05, 0) is 18.6 Å². The zero-order chi connectivity index (χ0) is 19.6. The molecule has 0 spiro atoms. The summed E-state index contributed by atoms with van der Waals surface area (Å²) >= 11 is 0. The molecule has 0 amide bonds. The maximum Gasteiger partial charge on any atom is 0.309 e. The van der Waals surface area contributed by atoms with E-state index in [0.29, 0.717) is 17.6 Å². The van der Waals surface area contributed by atoms with Gasteiger partial charge in [-0.15, -0.1) is 0 Å². The molecule has 2 aromatic heterocycles. The second kappa shape index (κ2) is 5.63. The van der Waals surface area contributed by atoms with E-state index < -0.39 is 41.4 Å². The minimum Gasteiger partial charge on any atom is -0.454 e. The molecule has 142 valence electrons. The summed E-state index contributed by atoms with van der Waals surface area (Å²) in [7, 11) is 0. The van der Waals surface area contributed by atoms with Crippen LogP contribution in [-0.4, -0.2) is 54.2 Å². The number of ether oxygens (including phenoxy) is 2. The number of nitrogens with two attached hydrogens (primary N) is 1. The van der Waals surface area contributed by atoms with E-state index >= 15 is 0 Å². The number of nitrogen functional groups attached to an aromatic ring is 1. The topological polar surface area (TPSA) is 156 Å². The van der Waals surface area contributed by atoms with Gasteiger partial charge in [0.2, 0.25) is 5.60 Å². The van der Waals surface area contributed by atoms with E-state index in [2.05, 4.69) is 10.1 Å². The third-order valence-corrected chi connectivity index (χ3v) is 5.55. The molecule has 0 aromatic carbocycles. The SMILES string of the molecule is CC[C@@H](C)C(=O)OC1[C@@]2(C#N)O[C@@H](c3ccc4c(N)ncnn34)[C@H](O)[C@@]12O. The molecule has 4 rings (SSSR count). The molecule has 27 heavy (non-hydrogen) atoms. The number of carbonyl (C=O) groups excluding carboxylic acids is 1. The molecule has 0 radical (unpaired) electrons. The van der Waals surface area contributed by atoms with Crippen molar-refractivity contribution in [3.63, 3.8) is 0 Å². The van der Waals surface area contributed by atoms with Crippen LogP contribution in [0.5, 0.6) is 0 Å². The van der Waals surface area contributed by atoms with Crippen molar-refractivity contribution >= 4 is 17.3 Å². The van der Waals surface area contributed by atoms with Crippen molar-refractivity contribution < 1.29 is 24.5 Å². The molecule has 2 fully saturated rings. The van der Waals surface area contributed by atoms with Crippen molar-refractivity contribution in [3.8, 4) is 6.07 Å². The molecule has 1 unspecified atom stereocenters. The molecule has 1 aliphatic carbocycles. The molecule has 6 atom stereocenters. The third kappa shape index (κ3) is 2.07. The van der Waals surface area contributed by atoms with Crippen LogP contribution in [0.4, 0.5) is 5.82 Å². The van der Waals surface area contributed by atoms with Crippen LogP contribution in [0.3, 0.4) is 0 Å².